The standard InChI is InChI=1S/C26H27FN4O2/c1-18-10-13-31(14-11-18)24-9-8-22(30-25(32)20-4-6-21(27)7-5-20)15-23(24)26(33)29-17-19-3-2-12-28-16-19/h2-9,12,15-16,18H,10-11,13-14,17H2,1H3,(H,29,33)(H,30,32). The third kappa shape index (κ3) is 5.74. The predicted molar refractivity (Wildman–Crippen MR) is 127 cm³/mol. The molecule has 0 bridgehead atoms. The molecule has 1 fully saturated rings. The number of pyridine rings is 1. The fraction of sp³-hybridized carbons (Fsp3) is 0.269. The highest BCUT2D eigenvalue weighted by Gasteiger charge is 2.22. The minimum absolute atomic E-state index is 0.217. The number of aromatic nitrogens is 1. The van der Waals surface area contributed by atoms with Crippen molar-refractivity contribution in [1.82, 2.24) is 10.3 Å². The smallest absolute Gasteiger partial charge is 0.255 e. The lowest BCUT2D eigenvalue weighted by Gasteiger charge is -2.33. The first-order chi connectivity index (χ1) is 16.0. The number of amides is 2. The van der Waals surface area contributed by atoms with E-state index in [2.05, 4.69) is 27.4 Å². The Hall–Kier alpha value is -3.74. The van der Waals surface area contributed by atoms with Crippen molar-refractivity contribution in [3.8, 4) is 0 Å². The number of piperidine rings is 1. The summed E-state index contributed by atoms with van der Waals surface area (Å²) in [6.07, 6.45) is 5.54. The Morgan fingerprint density at radius 2 is 1.82 bits per heavy atom. The molecule has 1 aromatic heterocycles. The van der Waals surface area contributed by atoms with Gasteiger partial charge in [-0.3, -0.25) is 14.6 Å². The molecular weight excluding hydrogens is 419 g/mol. The molecule has 170 valence electrons. The van der Waals surface area contributed by atoms with Gasteiger partial charge in [0.05, 0.1) is 5.56 Å². The number of anilines is 2. The highest BCUT2D eigenvalue weighted by Crippen LogP contribution is 2.29. The van der Waals surface area contributed by atoms with Gasteiger partial charge < -0.3 is 15.5 Å². The van der Waals surface area contributed by atoms with E-state index in [-0.39, 0.29) is 11.8 Å². The van der Waals surface area contributed by atoms with E-state index in [1.807, 2.05) is 18.2 Å². The van der Waals surface area contributed by atoms with Gasteiger partial charge in [-0.2, -0.15) is 0 Å². The Kier molecular flexibility index (Phi) is 6.98. The summed E-state index contributed by atoms with van der Waals surface area (Å²) in [6, 6.07) is 14.5. The summed E-state index contributed by atoms with van der Waals surface area (Å²) in [6.45, 7) is 4.36. The first kappa shape index (κ1) is 22.5. The van der Waals surface area contributed by atoms with E-state index < -0.39 is 5.82 Å². The van der Waals surface area contributed by atoms with Crippen molar-refractivity contribution in [3.05, 3.63) is 89.5 Å². The highest BCUT2D eigenvalue weighted by molar-refractivity contribution is 6.06. The summed E-state index contributed by atoms with van der Waals surface area (Å²) >= 11 is 0. The first-order valence-electron chi connectivity index (χ1n) is 11.1. The topological polar surface area (TPSA) is 74.3 Å². The third-order valence-corrected chi connectivity index (χ3v) is 5.91. The van der Waals surface area contributed by atoms with Crippen LogP contribution in [0.15, 0.2) is 67.0 Å². The summed E-state index contributed by atoms with van der Waals surface area (Å²) in [5, 5.41) is 5.78. The average Bonchev–Trinajstić information content (AvgIpc) is 2.84. The molecular formula is C26H27FN4O2. The molecule has 1 aliphatic heterocycles. The van der Waals surface area contributed by atoms with Gasteiger partial charge in [0.25, 0.3) is 11.8 Å². The van der Waals surface area contributed by atoms with Crippen LogP contribution in [-0.4, -0.2) is 29.9 Å². The maximum absolute atomic E-state index is 13.2. The number of benzene rings is 2. The van der Waals surface area contributed by atoms with Crippen LogP contribution in [0.3, 0.4) is 0 Å². The van der Waals surface area contributed by atoms with Crippen LogP contribution >= 0.6 is 0 Å². The third-order valence-electron chi connectivity index (χ3n) is 5.91. The van der Waals surface area contributed by atoms with Crippen LogP contribution < -0.4 is 15.5 Å². The lowest BCUT2D eigenvalue weighted by molar-refractivity contribution is 0.0950. The number of halogens is 1. The van der Waals surface area contributed by atoms with Gasteiger partial charge >= 0.3 is 0 Å². The molecule has 33 heavy (non-hydrogen) atoms. The van der Waals surface area contributed by atoms with Gasteiger partial charge in [0.1, 0.15) is 5.82 Å². The largest absolute Gasteiger partial charge is 0.371 e. The van der Waals surface area contributed by atoms with Gasteiger partial charge in [-0.1, -0.05) is 13.0 Å². The number of carbonyl (C=O) groups is 2. The molecule has 0 spiro atoms. The quantitative estimate of drug-likeness (QED) is 0.579. The van der Waals surface area contributed by atoms with E-state index in [0.717, 1.165) is 37.2 Å². The number of nitrogens with one attached hydrogen (secondary N) is 2. The van der Waals surface area contributed by atoms with E-state index in [1.54, 1.807) is 24.5 Å². The van der Waals surface area contributed by atoms with Crippen LogP contribution in [-0.2, 0) is 6.54 Å². The van der Waals surface area contributed by atoms with Crippen LogP contribution in [0.25, 0.3) is 0 Å². The second kappa shape index (κ2) is 10.3. The molecule has 6 nitrogen and oxygen atoms in total. The molecule has 7 heteroatoms. The van der Waals surface area contributed by atoms with Crippen molar-refractivity contribution >= 4 is 23.2 Å². The number of rotatable bonds is 6. The van der Waals surface area contributed by atoms with Crippen LogP contribution in [0.2, 0.25) is 0 Å². The second-order valence-corrected chi connectivity index (χ2v) is 8.41. The normalized spacial score (nSPS) is 14.1. The highest BCUT2D eigenvalue weighted by atomic mass is 19.1. The van der Waals surface area contributed by atoms with Crippen molar-refractivity contribution in [2.45, 2.75) is 26.3 Å². The van der Waals surface area contributed by atoms with E-state index in [4.69, 9.17) is 0 Å². The molecule has 0 radical (unpaired) electrons. The Balaban J connectivity index is 1.56. The SMILES string of the molecule is CC1CCN(c2ccc(NC(=O)c3ccc(F)cc3)cc2C(=O)NCc2cccnc2)CC1. The molecule has 3 aromatic rings. The van der Waals surface area contributed by atoms with Crippen molar-refractivity contribution in [2.24, 2.45) is 5.92 Å². The van der Waals surface area contributed by atoms with Gasteiger partial charge in [-0.15, -0.1) is 0 Å². The molecule has 4 rings (SSSR count). The van der Waals surface area contributed by atoms with E-state index >= 15 is 0 Å². The molecule has 2 amide bonds. The number of nitrogens with zero attached hydrogens (tertiary/aromatic N) is 2. The lowest BCUT2D eigenvalue weighted by atomic mass is 9.97. The van der Waals surface area contributed by atoms with Crippen LogP contribution in [0.4, 0.5) is 15.8 Å². The van der Waals surface area contributed by atoms with E-state index in [0.29, 0.717) is 29.3 Å². The van der Waals surface area contributed by atoms with Crippen molar-refractivity contribution < 1.29 is 14.0 Å². The zero-order valence-corrected chi connectivity index (χ0v) is 18.6. The molecule has 2 N–H and O–H groups in total. The monoisotopic (exact) mass is 446 g/mol. The zero-order valence-electron chi connectivity index (χ0n) is 18.6. The molecule has 0 atom stereocenters. The Morgan fingerprint density at radius 3 is 2.52 bits per heavy atom. The van der Waals surface area contributed by atoms with Gasteiger partial charge in [0.15, 0.2) is 0 Å². The summed E-state index contributed by atoms with van der Waals surface area (Å²) in [5.74, 6) is -0.320. The molecule has 1 aliphatic rings. The van der Waals surface area contributed by atoms with Crippen LogP contribution in [0.1, 0.15) is 46.0 Å². The number of carbonyl (C=O) groups excluding carboxylic acids is 2. The summed E-state index contributed by atoms with van der Waals surface area (Å²) in [4.78, 5) is 32.1. The maximum atomic E-state index is 13.2. The fourth-order valence-electron chi connectivity index (χ4n) is 3.91. The molecule has 0 saturated carbocycles. The van der Waals surface area contributed by atoms with E-state index in [1.165, 1.54) is 24.3 Å². The van der Waals surface area contributed by atoms with E-state index in [9.17, 15) is 14.0 Å². The van der Waals surface area contributed by atoms with Gasteiger partial charge in [-0.25, -0.2) is 4.39 Å². The summed E-state index contributed by atoms with van der Waals surface area (Å²) < 4.78 is 13.2. The molecule has 0 unspecified atom stereocenters. The van der Waals surface area contributed by atoms with Gasteiger partial charge in [0, 0.05) is 49.0 Å². The lowest BCUT2D eigenvalue weighted by Crippen LogP contribution is -2.35. The molecule has 2 aromatic carbocycles. The second-order valence-electron chi connectivity index (χ2n) is 8.41. The minimum atomic E-state index is -0.403. The minimum Gasteiger partial charge on any atom is -0.371 e. The Bertz CT molecular complexity index is 1110. The zero-order chi connectivity index (χ0) is 23.2. The first-order valence-corrected chi connectivity index (χ1v) is 11.1. The van der Waals surface area contributed by atoms with Crippen molar-refractivity contribution in [1.29, 1.82) is 0 Å². The number of hydrogen-bond donors (Lipinski definition) is 2. The summed E-state index contributed by atoms with van der Waals surface area (Å²) in [7, 11) is 0. The van der Waals surface area contributed by atoms with Crippen LogP contribution in [0, 0.1) is 11.7 Å². The molecule has 1 saturated heterocycles. The Morgan fingerprint density at radius 1 is 1.06 bits per heavy atom. The number of hydrogen-bond acceptors (Lipinski definition) is 4. The summed E-state index contributed by atoms with van der Waals surface area (Å²) in [5.41, 5.74) is 3.11. The van der Waals surface area contributed by atoms with Gasteiger partial charge in [-0.05, 0) is 72.9 Å². The van der Waals surface area contributed by atoms with Gasteiger partial charge in [0.2, 0.25) is 0 Å². The predicted octanol–water partition coefficient (Wildman–Crippen LogP) is 4.64. The average molecular weight is 447 g/mol. The van der Waals surface area contributed by atoms with Crippen LogP contribution in [0.5, 0.6) is 0 Å². The maximum Gasteiger partial charge on any atom is 0.255 e. The molecule has 2 heterocycles. The Labute approximate surface area is 192 Å². The molecule has 0 aliphatic carbocycles. The fourth-order valence-corrected chi connectivity index (χ4v) is 3.91. The van der Waals surface area contributed by atoms with Crippen molar-refractivity contribution in [2.75, 3.05) is 23.3 Å². The van der Waals surface area contributed by atoms with Crippen molar-refractivity contribution in [3.63, 3.8) is 0 Å².